The van der Waals surface area contributed by atoms with Crippen LogP contribution in [-0.4, -0.2) is 44.1 Å². The summed E-state index contributed by atoms with van der Waals surface area (Å²) in [7, 11) is -1.99. The topological polar surface area (TPSA) is 66.8 Å². The molecule has 1 N–H and O–H groups in total. The minimum atomic E-state index is -3.53. The summed E-state index contributed by atoms with van der Waals surface area (Å²) < 4.78 is 31.3. The molecule has 0 aromatic heterocycles. The number of benzene rings is 1. The van der Waals surface area contributed by atoms with Gasteiger partial charge in [-0.05, 0) is 43.5 Å². The van der Waals surface area contributed by atoms with Crippen LogP contribution in [0.5, 0.6) is 5.75 Å². The molecule has 0 aliphatic carbocycles. The second-order valence-electron chi connectivity index (χ2n) is 4.69. The van der Waals surface area contributed by atoms with Crippen molar-refractivity contribution in [2.45, 2.75) is 30.3 Å². The maximum Gasteiger partial charge on any atom is 0.243 e. The van der Waals surface area contributed by atoms with Gasteiger partial charge < -0.3 is 9.84 Å². The number of aliphatic hydroxyl groups is 1. The maximum absolute atomic E-state index is 12.5. The minimum Gasteiger partial charge on any atom is -0.497 e. The SMILES string of the molecule is COc1ccc(S(=O)(=O)N2CCCCC(O)C2)cc1. The lowest BCUT2D eigenvalue weighted by Crippen LogP contribution is -2.36. The first-order valence-electron chi connectivity index (χ1n) is 6.36. The molecule has 1 aliphatic heterocycles. The zero-order valence-electron chi connectivity index (χ0n) is 10.9. The Labute approximate surface area is 113 Å². The van der Waals surface area contributed by atoms with Crippen LogP contribution in [0, 0.1) is 0 Å². The highest BCUT2D eigenvalue weighted by atomic mass is 32.2. The van der Waals surface area contributed by atoms with E-state index in [0.29, 0.717) is 18.7 Å². The van der Waals surface area contributed by atoms with Gasteiger partial charge in [-0.15, -0.1) is 0 Å². The van der Waals surface area contributed by atoms with E-state index >= 15 is 0 Å². The third kappa shape index (κ3) is 3.26. The number of hydrogen-bond acceptors (Lipinski definition) is 4. The third-order valence-electron chi connectivity index (χ3n) is 3.31. The van der Waals surface area contributed by atoms with E-state index in [0.717, 1.165) is 12.8 Å². The average Bonchev–Trinajstić information content (AvgIpc) is 2.64. The van der Waals surface area contributed by atoms with E-state index in [9.17, 15) is 13.5 Å². The number of aliphatic hydroxyl groups excluding tert-OH is 1. The Kier molecular flexibility index (Phi) is 4.44. The normalized spacial score (nSPS) is 21.9. The summed E-state index contributed by atoms with van der Waals surface area (Å²) in [6.07, 6.45) is 1.73. The molecule has 19 heavy (non-hydrogen) atoms. The number of ether oxygens (including phenoxy) is 1. The van der Waals surface area contributed by atoms with Crippen molar-refractivity contribution >= 4 is 10.0 Å². The van der Waals surface area contributed by atoms with Crippen molar-refractivity contribution in [2.75, 3.05) is 20.2 Å². The number of rotatable bonds is 3. The Hall–Kier alpha value is -1.11. The van der Waals surface area contributed by atoms with E-state index in [-0.39, 0.29) is 11.4 Å². The zero-order chi connectivity index (χ0) is 13.9. The first kappa shape index (κ1) is 14.3. The number of nitrogens with zero attached hydrogens (tertiary/aromatic N) is 1. The van der Waals surface area contributed by atoms with Crippen molar-refractivity contribution in [1.82, 2.24) is 4.31 Å². The smallest absolute Gasteiger partial charge is 0.243 e. The summed E-state index contributed by atoms with van der Waals surface area (Å²) in [5, 5.41) is 9.73. The number of β-amino-alcohol motifs (C(OH)–C–C–N with tert-alkyl or cyclic N) is 1. The van der Waals surface area contributed by atoms with Gasteiger partial charge in [0, 0.05) is 13.1 Å². The van der Waals surface area contributed by atoms with Crippen LogP contribution in [0.25, 0.3) is 0 Å². The first-order valence-corrected chi connectivity index (χ1v) is 7.80. The molecule has 1 aliphatic rings. The molecule has 0 bridgehead atoms. The molecule has 1 unspecified atom stereocenters. The molecule has 1 fully saturated rings. The third-order valence-corrected chi connectivity index (χ3v) is 5.19. The molecular weight excluding hydrogens is 266 g/mol. The largest absolute Gasteiger partial charge is 0.497 e. The standard InChI is InChI=1S/C13H19NO4S/c1-18-12-5-7-13(8-6-12)19(16,17)14-9-3-2-4-11(15)10-14/h5-8,11,15H,2-4,9-10H2,1H3. The van der Waals surface area contributed by atoms with Crippen molar-refractivity contribution in [3.05, 3.63) is 24.3 Å². The molecule has 106 valence electrons. The van der Waals surface area contributed by atoms with Crippen molar-refractivity contribution in [3.8, 4) is 5.75 Å². The molecule has 0 saturated carbocycles. The van der Waals surface area contributed by atoms with Crippen LogP contribution >= 0.6 is 0 Å². The van der Waals surface area contributed by atoms with Crippen molar-refractivity contribution in [3.63, 3.8) is 0 Å². The fourth-order valence-electron chi connectivity index (χ4n) is 2.20. The molecule has 0 spiro atoms. The molecular formula is C13H19NO4S. The summed E-state index contributed by atoms with van der Waals surface area (Å²) in [4.78, 5) is 0.238. The number of hydrogen-bond donors (Lipinski definition) is 1. The highest BCUT2D eigenvalue weighted by Gasteiger charge is 2.28. The van der Waals surface area contributed by atoms with Crippen LogP contribution in [0.4, 0.5) is 0 Å². The molecule has 5 nitrogen and oxygen atoms in total. The lowest BCUT2D eigenvalue weighted by molar-refractivity contribution is 0.148. The molecule has 1 aromatic rings. The quantitative estimate of drug-likeness (QED) is 0.907. The summed E-state index contributed by atoms with van der Waals surface area (Å²) >= 11 is 0. The van der Waals surface area contributed by atoms with Gasteiger partial charge in [0.05, 0.1) is 18.1 Å². The lowest BCUT2D eigenvalue weighted by atomic mass is 10.2. The molecule has 0 amide bonds. The molecule has 1 saturated heterocycles. The molecule has 1 aromatic carbocycles. The average molecular weight is 285 g/mol. The van der Waals surface area contributed by atoms with E-state index in [1.54, 1.807) is 12.1 Å². The highest BCUT2D eigenvalue weighted by molar-refractivity contribution is 7.89. The van der Waals surface area contributed by atoms with Crippen molar-refractivity contribution < 1.29 is 18.3 Å². The zero-order valence-corrected chi connectivity index (χ0v) is 11.8. The van der Waals surface area contributed by atoms with Gasteiger partial charge in [0.1, 0.15) is 5.75 Å². The summed E-state index contributed by atoms with van der Waals surface area (Å²) in [6, 6.07) is 6.32. The van der Waals surface area contributed by atoms with Crippen molar-refractivity contribution in [2.24, 2.45) is 0 Å². The van der Waals surface area contributed by atoms with Crippen LogP contribution in [0.3, 0.4) is 0 Å². The van der Waals surface area contributed by atoms with Crippen molar-refractivity contribution in [1.29, 1.82) is 0 Å². The van der Waals surface area contributed by atoms with Gasteiger partial charge in [0.25, 0.3) is 0 Å². The Morgan fingerprint density at radius 2 is 1.95 bits per heavy atom. The van der Waals surface area contributed by atoms with Gasteiger partial charge in [-0.3, -0.25) is 0 Å². The van der Waals surface area contributed by atoms with Gasteiger partial charge in [0.15, 0.2) is 0 Å². The van der Waals surface area contributed by atoms with E-state index in [1.807, 2.05) is 0 Å². The minimum absolute atomic E-state index is 0.175. The Balaban J connectivity index is 2.24. The highest BCUT2D eigenvalue weighted by Crippen LogP contribution is 2.22. The second kappa shape index (κ2) is 5.90. The molecule has 6 heteroatoms. The Bertz CT molecular complexity index is 512. The van der Waals surface area contributed by atoms with E-state index in [1.165, 1.54) is 23.5 Å². The summed E-state index contributed by atoms with van der Waals surface area (Å²) in [6.45, 7) is 0.639. The molecule has 0 radical (unpaired) electrons. The molecule has 1 heterocycles. The van der Waals surface area contributed by atoms with Gasteiger partial charge in [-0.25, -0.2) is 8.42 Å². The monoisotopic (exact) mass is 285 g/mol. The fraction of sp³-hybridized carbons (Fsp3) is 0.538. The number of sulfonamides is 1. The van der Waals surface area contributed by atoms with Crippen LogP contribution in [-0.2, 0) is 10.0 Å². The van der Waals surface area contributed by atoms with Crippen LogP contribution in [0.2, 0.25) is 0 Å². The van der Waals surface area contributed by atoms with Crippen LogP contribution in [0.15, 0.2) is 29.2 Å². The fourth-order valence-corrected chi connectivity index (χ4v) is 3.72. The number of methoxy groups -OCH3 is 1. The van der Waals surface area contributed by atoms with E-state index in [2.05, 4.69) is 0 Å². The van der Waals surface area contributed by atoms with E-state index in [4.69, 9.17) is 4.74 Å². The Morgan fingerprint density at radius 1 is 1.26 bits per heavy atom. The Morgan fingerprint density at radius 3 is 2.58 bits per heavy atom. The predicted molar refractivity (Wildman–Crippen MR) is 71.6 cm³/mol. The summed E-state index contributed by atoms with van der Waals surface area (Å²) in [5.74, 6) is 0.620. The van der Waals surface area contributed by atoms with Gasteiger partial charge in [0.2, 0.25) is 10.0 Å². The summed E-state index contributed by atoms with van der Waals surface area (Å²) in [5.41, 5.74) is 0. The van der Waals surface area contributed by atoms with Crippen LogP contribution < -0.4 is 4.74 Å². The van der Waals surface area contributed by atoms with Gasteiger partial charge in [-0.1, -0.05) is 0 Å². The lowest BCUT2D eigenvalue weighted by Gasteiger charge is -2.21. The molecule has 2 rings (SSSR count). The van der Waals surface area contributed by atoms with E-state index < -0.39 is 16.1 Å². The second-order valence-corrected chi connectivity index (χ2v) is 6.63. The van der Waals surface area contributed by atoms with Gasteiger partial charge >= 0.3 is 0 Å². The van der Waals surface area contributed by atoms with Gasteiger partial charge in [-0.2, -0.15) is 4.31 Å². The van der Waals surface area contributed by atoms with Crippen LogP contribution in [0.1, 0.15) is 19.3 Å². The molecule has 1 atom stereocenters. The predicted octanol–water partition coefficient (Wildman–Crippen LogP) is 1.23. The maximum atomic E-state index is 12.5. The first-order chi connectivity index (χ1) is 9.04.